The molecule has 0 aromatic heterocycles. The molecule has 1 aliphatic carbocycles. The molecule has 4 atom stereocenters. The van der Waals surface area contributed by atoms with E-state index in [4.69, 9.17) is 14.2 Å². The van der Waals surface area contributed by atoms with Crippen molar-refractivity contribution in [3.63, 3.8) is 0 Å². The van der Waals surface area contributed by atoms with Crippen LogP contribution >= 0.6 is 0 Å². The summed E-state index contributed by atoms with van der Waals surface area (Å²) in [7, 11) is 5.10. The summed E-state index contributed by atoms with van der Waals surface area (Å²) in [4.78, 5) is 2.65. The molecule has 0 spiro atoms. The van der Waals surface area contributed by atoms with Gasteiger partial charge in [-0.15, -0.1) is 0 Å². The second-order valence-electron chi connectivity index (χ2n) is 10.7. The monoisotopic (exact) mass is 467 g/mol. The normalized spacial score (nSPS) is 25.5. The van der Waals surface area contributed by atoms with Crippen LogP contribution in [0.1, 0.15) is 62.8 Å². The lowest BCUT2D eigenvalue weighted by Crippen LogP contribution is -2.57. The molecule has 0 saturated heterocycles. The topological polar surface area (TPSA) is 51.2 Å². The van der Waals surface area contributed by atoms with Crippen LogP contribution in [0.2, 0.25) is 0 Å². The van der Waals surface area contributed by atoms with Gasteiger partial charge in [0.25, 0.3) is 0 Å². The van der Waals surface area contributed by atoms with Crippen molar-refractivity contribution < 1.29 is 19.3 Å². The van der Waals surface area contributed by atoms with Gasteiger partial charge in [0.1, 0.15) is 5.75 Å². The van der Waals surface area contributed by atoms with E-state index >= 15 is 0 Å². The van der Waals surface area contributed by atoms with E-state index in [0.717, 1.165) is 49.5 Å². The molecule has 0 bridgehead atoms. The average molecular weight is 468 g/mol. The molecule has 2 aromatic rings. The summed E-state index contributed by atoms with van der Waals surface area (Å²) in [5.74, 6) is 3.27. The van der Waals surface area contributed by atoms with Crippen molar-refractivity contribution in [2.24, 2.45) is 11.8 Å². The van der Waals surface area contributed by atoms with Gasteiger partial charge in [-0.1, -0.05) is 25.5 Å². The maximum absolute atomic E-state index is 11.1. The summed E-state index contributed by atoms with van der Waals surface area (Å²) >= 11 is 0. The highest BCUT2D eigenvalue weighted by Gasteiger charge is 2.45. The van der Waals surface area contributed by atoms with Crippen LogP contribution in [-0.4, -0.2) is 49.5 Å². The molecular formula is C29H41NO4. The van der Waals surface area contributed by atoms with Gasteiger partial charge in [0.2, 0.25) is 0 Å². The van der Waals surface area contributed by atoms with Crippen molar-refractivity contribution >= 4 is 0 Å². The quantitative estimate of drug-likeness (QED) is 0.588. The Morgan fingerprint density at radius 2 is 1.65 bits per heavy atom. The van der Waals surface area contributed by atoms with Gasteiger partial charge in [0.15, 0.2) is 11.5 Å². The molecule has 1 aliphatic heterocycles. The highest BCUT2D eigenvalue weighted by atomic mass is 16.5. The lowest BCUT2D eigenvalue weighted by Gasteiger charge is -2.53. The van der Waals surface area contributed by atoms with Crippen LogP contribution in [0.3, 0.4) is 0 Å². The summed E-state index contributed by atoms with van der Waals surface area (Å²) in [6, 6.07) is 12.9. The third-order valence-corrected chi connectivity index (χ3v) is 8.32. The second-order valence-corrected chi connectivity index (χ2v) is 10.7. The van der Waals surface area contributed by atoms with Crippen LogP contribution in [0.25, 0.3) is 0 Å². The zero-order valence-corrected chi connectivity index (χ0v) is 21.6. The zero-order chi connectivity index (χ0) is 24.5. The minimum atomic E-state index is -0.257. The van der Waals surface area contributed by atoms with Crippen LogP contribution in [0.4, 0.5) is 0 Å². The van der Waals surface area contributed by atoms with Crippen molar-refractivity contribution in [2.75, 3.05) is 27.9 Å². The number of hydrogen-bond acceptors (Lipinski definition) is 5. The molecule has 1 saturated carbocycles. The zero-order valence-electron chi connectivity index (χ0n) is 21.6. The lowest BCUT2D eigenvalue weighted by atomic mass is 9.69. The maximum Gasteiger partial charge on any atom is 0.161 e. The van der Waals surface area contributed by atoms with Crippen LogP contribution in [-0.2, 0) is 12.8 Å². The van der Waals surface area contributed by atoms with Gasteiger partial charge in [-0.2, -0.15) is 0 Å². The van der Waals surface area contributed by atoms with Gasteiger partial charge in [-0.05, 0) is 86.4 Å². The van der Waals surface area contributed by atoms with E-state index in [9.17, 15) is 5.11 Å². The molecule has 1 N–H and O–H groups in total. The Kier molecular flexibility index (Phi) is 7.44. The minimum Gasteiger partial charge on any atom is -0.497 e. The Morgan fingerprint density at radius 3 is 2.26 bits per heavy atom. The average Bonchev–Trinajstić information content (AvgIpc) is 2.83. The fourth-order valence-corrected chi connectivity index (χ4v) is 6.31. The molecule has 0 amide bonds. The van der Waals surface area contributed by atoms with Gasteiger partial charge in [-0.3, -0.25) is 4.90 Å². The summed E-state index contributed by atoms with van der Waals surface area (Å²) in [6.45, 7) is 7.89. The molecule has 1 fully saturated rings. The van der Waals surface area contributed by atoms with Crippen molar-refractivity contribution in [3.05, 3.63) is 53.1 Å². The number of hydrogen-bond donors (Lipinski definition) is 1. The molecule has 5 nitrogen and oxygen atoms in total. The summed E-state index contributed by atoms with van der Waals surface area (Å²) in [5.41, 5.74) is 3.75. The third kappa shape index (κ3) is 4.78. The summed E-state index contributed by atoms with van der Waals surface area (Å²) in [6.07, 6.45) is 4.73. The number of ether oxygens (including phenoxy) is 3. The minimum absolute atomic E-state index is 0.137. The maximum atomic E-state index is 11.1. The number of aliphatic hydroxyl groups is 1. The number of benzene rings is 2. The molecule has 4 rings (SSSR count). The van der Waals surface area contributed by atoms with Gasteiger partial charge in [-0.25, -0.2) is 0 Å². The summed E-state index contributed by atoms with van der Waals surface area (Å²) in [5, 5.41) is 11.1. The molecule has 34 heavy (non-hydrogen) atoms. The van der Waals surface area contributed by atoms with E-state index < -0.39 is 0 Å². The van der Waals surface area contributed by atoms with Crippen LogP contribution in [0.5, 0.6) is 17.2 Å². The van der Waals surface area contributed by atoms with Crippen molar-refractivity contribution in [1.29, 1.82) is 0 Å². The lowest BCUT2D eigenvalue weighted by molar-refractivity contribution is -0.0635. The Hall–Kier alpha value is -2.24. The largest absolute Gasteiger partial charge is 0.497 e. The first-order valence-corrected chi connectivity index (χ1v) is 12.6. The van der Waals surface area contributed by atoms with Gasteiger partial charge < -0.3 is 19.3 Å². The van der Waals surface area contributed by atoms with E-state index in [-0.39, 0.29) is 23.6 Å². The van der Waals surface area contributed by atoms with E-state index in [1.807, 2.05) is 12.1 Å². The molecule has 186 valence electrons. The van der Waals surface area contributed by atoms with Crippen LogP contribution < -0.4 is 14.2 Å². The fourth-order valence-electron chi connectivity index (χ4n) is 6.31. The number of rotatable bonds is 7. The third-order valence-electron chi connectivity index (χ3n) is 8.32. The Balaban J connectivity index is 1.74. The standard InChI is InChI=1S/C29H41NO4/c1-19-7-12-24(26(31)15-19)29(2,3)30-14-13-21-17-27(33-5)28(34-6)18-23(21)25(30)16-20-8-10-22(32-4)11-9-20/h8-11,17-19,24-26,31H,7,12-16H2,1-6H3/t19-,24-,25+,26-/m0/s1. The van der Waals surface area contributed by atoms with Crippen molar-refractivity contribution in [3.8, 4) is 17.2 Å². The number of nitrogens with zero attached hydrogens (tertiary/aromatic N) is 1. The van der Waals surface area contributed by atoms with Crippen molar-refractivity contribution in [1.82, 2.24) is 4.90 Å². The first-order valence-electron chi connectivity index (χ1n) is 12.6. The molecule has 2 aromatic carbocycles. The number of fused-ring (bicyclic) bond motifs is 1. The summed E-state index contributed by atoms with van der Waals surface area (Å²) < 4.78 is 16.7. The SMILES string of the molecule is COc1ccc(C[C@@H]2c3cc(OC)c(OC)cc3CCN2C(C)(C)[C@H]2CC[C@H](C)C[C@@H]2O)cc1. The van der Waals surface area contributed by atoms with Gasteiger partial charge in [0.05, 0.1) is 27.4 Å². The van der Waals surface area contributed by atoms with Gasteiger partial charge in [0, 0.05) is 24.0 Å². The van der Waals surface area contributed by atoms with Crippen molar-refractivity contribution in [2.45, 2.75) is 70.6 Å². The molecule has 5 heteroatoms. The molecular weight excluding hydrogens is 426 g/mol. The Morgan fingerprint density at radius 1 is 0.971 bits per heavy atom. The van der Waals surface area contributed by atoms with E-state index in [1.165, 1.54) is 23.1 Å². The first-order chi connectivity index (χ1) is 16.3. The van der Waals surface area contributed by atoms with E-state index in [2.05, 4.69) is 49.9 Å². The molecule has 0 radical (unpaired) electrons. The molecule has 1 heterocycles. The van der Waals surface area contributed by atoms with E-state index in [0.29, 0.717) is 5.92 Å². The highest BCUT2D eigenvalue weighted by Crippen LogP contribution is 2.46. The van der Waals surface area contributed by atoms with E-state index in [1.54, 1.807) is 21.3 Å². The fraction of sp³-hybridized carbons (Fsp3) is 0.586. The van der Waals surface area contributed by atoms with Gasteiger partial charge >= 0.3 is 0 Å². The second kappa shape index (κ2) is 10.2. The predicted molar refractivity (Wildman–Crippen MR) is 136 cm³/mol. The predicted octanol–water partition coefficient (Wildman–Crippen LogP) is 5.43. The number of methoxy groups -OCH3 is 3. The first kappa shape index (κ1) is 24.9. The molecule has 2 aliphatic rings. The number of aliphatic hydroxyl groups excluding tert-OH is 1. The Labute approximate surface area is 205 Å². The van der Waals surface area contributed by atoms with Crippen LogP contribution in [0, 0.1) is 11.8 Å². The highest BCUT2D eigenvalue weighted by molar-refractivity contribution is 5.50. The van der Waals surface area contributed by atoms with Crippen LogP contribution in [0.15, 0.2) is 36.4 Å². The Bertz CT molecular complexity index is 971. The smallest absolute Gasteiger partial charge is 0.161 e. The molecule has 0 unspecified atom stereocenters.